The summed E-state index contributed by atoms with van der Waals surface area (Å²) in [6.07, 6.45) is -0.184. The van der Waals surface area contributed by atoms with Crippen LogP contribution in [0.3, 0.4) is 0 Å². The zero-order valence-corrected chi connectivity index (χ0v) is 14.9. The van der Waals surface area contributed by atoms with E-state index in [2.05, 4.69) is 24.1 Å². The van der Waals surface area contributed by atoms with E-state index < -0.39 is 0 Å². The van der Waals surface area contributed by atoms with Crippen molar-refractivity contribution in [3.63, 3.8) is 0 Å². The van der Waals surface area contributed by atoms with E-state index in [0.29, 0.717) is 0 Å². The quantitative estimate of drug-likeness (QED) is 0.825. The molecular weight excluding hydrogens is 326 g/mol. The van der Waals surface area contributed by atoms with Crippen LogP contribution in [0.15, 0.2) is 54.6 Å². The molecule has 24 heavy (non-hydrogen) atoms. The van der Waals surface area contributed by atoms with Gasteiger partial charge in [0.2, 0.25) is 0 Å². The third-order valence-corrected chi connectivity index (χ3v) is 4.09. The average Bonchev–Trinajstić information content (AvgIpc) is 2.60. The predicted molar refractivity (Wildman–Crippen MR) is 97.3 cm³/mol. The number of nitrogens with zero attached hydrogens (tertiary/aromatic N) is 1. The van der Waals surface area contributed by atoms with E-state index >= 15 is 0 Å². The molecule has 4 nitrogen and oxygen atoms in total. The van der Waals surface area contributed by atoms with Gasteiger partial charge in [-0.15, -0.1) is 12.4 Å². The van der Waals surface area contributed by atoms with Gasteiger partial charge in [0.25, 0.3) is 0 Å². The fraction of sp³-hybridized carbons (Fsp3) is 0.368. The molecule has 5 heteroatoms. The summed E-state index contributed by atoms with van der Waals surface area (Å²) in [7, 11) is 3.77. The number of morpholine rings is 1. The lowest BCUT2D eigenvalue weighted by Crippen LogP contribution is -2.44. The first kappa shape index (κ1) is 18.6. The number of halogens is 1. The van der Waals surface area contributed by atoms with Crippen molar-refractivity contribution in [2.24, 2.45) is 0 Å². The van der Waals surface area contributed by atoms with Gasteiger partial charge in [0.15, 0.2) is 17.6 Å². The molecule has 1 aliphatic rings. The second-order valence-electron chi connectivity index (χ2n) is 5.77. The lowest BCUT2D eigenvalue weighted by atomic mass is 10.0. The molecule has 0 spiro atoms. The van der Waals surface area contributed by atoms with Crippen molar-refractivity contribution in [3.8, 4) is 11.5 Å². The number of rotatable bonds is 5. The SMILES string of the molecule is COc1ccccc1OC(c1ccccc1)C1CN(C)CCO1.Cl. The van der Waals surface area contributed by atoms with E-state index in [-0.39, 0.29) is 24.6 Å². The van der Waals surface area contributed by atoms with Gasteiger partial charge >= 0.3 is 0 Å². The van der Waals surface area contributed by atoms with Gasteiger partial charge < -0.3 is 19.1 Å². The minimum Gasteiger partial charge on any atom is -0.493 e. The monoisotopic (exact) mass is 349 g/mol. The summed E-state index contributed by atoms with van der Waals surface area (Å²) in [6, 6.07) is 18.0. The van der Waals surface area contributed by atoms with Crippen molar-refractivity contribution in [2.75, 3.05) is 33.9 Å². The number of hydrogen-bond acceptors (Lipinski definition) is 4. The highest BCUT2D eigenvalue weighted by Crippen LogP contribution is 2.33. The van der Waals surface area contributed by atoms with Gasteiger partial charge in [0.05, 0.1) is 13.7 Å². The van der Waals surface area contributed by atoms with E-state index in [1.807, 2.05) is 42.5 Å². The van der Waals surface area contributed by atoms with Gasteiger partial charge in [-0.1, -0.05) is 42.5 Å². The van der Waals surface area contributed by atoms with Crippen LogP contribution in [-0.4, -0.2) is 44.9 Å². The molecule has 1 heterocycles. The molecular formula is C19H24ClNO3. The van der Waals surface area contributed by atoms with E-state index in [4.69, 9.17) is 14.2 Å². The Labute approximate surface area is 149 Å². The molecule has 130 valence electrons. The second-order valence-corrected chi connectivity index (χ2v) is 5.77. The molecule has 2 aromatic carbocycles. The van der Waals surface area contributed by atoms with Crippen molar-refractivity contribution in [1.29, 1.82) is 0 Å². The number of likely N-dealkylation sites (N-methyl/N-ethyl adjacent to an activating group) is 1. The number of para-hydroxylation sites is 2. The molecule has 3 rings (SSSR count). The van der Waals surface area contributed by atoms with Gasteiger partial charge in [-0.25, -0.2) is 0 Å². The molecule has 0 saturated carbocycles. The number of benzene rings is 2. The second kappa shape index (κ2) is 8.92. The molecule has 1 saturated heterocycles. The van der Waals surface area contributed by atoms with Crippen molar-refractivity contribution in [3.05, 3.63) is 60.2 Å². The normalized spacial score (nSPS) is 19.2. The Morgan fingerprint density at radius 3 is 2.38 bits per heavy atom. The van der Waals surface area contributed by atoms with E-state index in [1.165, 1.54) is 0 Å². The highest BCUT2D eigenvalue weighted by Gasteiger charge is 2.30. The number of ether oxygens (including phenoxy) is 3. The Bertz CT molecular complexity index is 623. The molecule has 1 aliphatic heterocycles. The lowest BCUT2D eigenvalue weighted by Gasteiger charge is -2.35. The van der Waals surface area contributed by atoms with Gasteiger partial charge in [0, 0.05) is 13.1 Å². The molecule has 0 aromatic heterocycles. The van der Waals surface area contributed by atoms with Gasteiger partial charge in [-0.2, -0.15) is 0 Å². The largest absolute Gasteiger partial charge is 0.493 e. The maximum atomic E-state index is 6.33. The first-order valence-corrected chi connectivity index (χ1v) is 7.92. The smallest absolute Gasteiger partial charge is 0.162 e. The van der Waals surface area contributed by atoms with Crippen LogP contribution in [0.25, 0.3) is 0 Å². The summed E-state index contributed by atoms with van der Waals surface area (Å²) in [5.41, 5.74) is 1.11. The van der Waals surface area contributed by atoms with E-state index in [1.54, 1.807) is 7.11 Å². The number of hydrogen-bond donors (Lipinski definition) is 0. The van der Waals surface area contributed by atoms with Crippen LogP contribution in [-0.2, 0) is 4.74 Å². The minimum atomic E-state index is -0.171. The highest BCUT2D eigenvalue weighted by molar-refractivity contribution is 5.85. The Kier molecular flexibility index (Phi) is 6.91. The molecule has 1 fully saturated rings. The summed E-state index contributed by atoms with van der Waals surface area (Å²) in [5, 5.41) is 0. The van der Waals surface area contributed by atoms with Crippen molar-refractivity contribution >= 4 is 12.4 Å². The number of methoxy groups -OCH3 is 1. The maximum absolute atomic E-state index is 6.33. The zero-order valence-electron chi connectivity index (χ0n) is 14.1. The first-order valence-electron chi connectivity index (χ1n) is 7.92. The third kappa shape index (κ3) is 4.41. The Morgan fingerprint density at radius 2 is 1.71 bits per heavy atom. The minimum absolute atomic E-state index is 0. The van der Waals surface area contributed by atoms with Gasteiger partial charge in [-0.05, 0) is 24.7 Å². The first-order chi connectivity index (χ1) is 11.3. The molecule has 0 bridgehead atoms. The molecule has 2 unspecified atom stereocenters. The highest BCUT2D eigenvalue weighted by atomic mass is 35.5. The van der Waals surface area contributed by atoms with Crippen LogP contribution in [0, 0.1) is 0 Å². The summed E-state index contributed by atoms with van der Waals surface area (Å²) in [6.45, 7) is 2.52. The van der Waals surface area contributed by atoms with Crippen LogP contribution in [0.2, 0.25) is 0 Å². The van der Waals surface area contributed by atoms with E-state index in [9.17, 15) is 0 Å². The molecule has 2 aromatic rings. The maximum Gasteiger partial charge on any atom is 0.162 e. The van der Waals surface area contributed by atoms with Crippen LogP contribution >= 0.6 is 12.4 Å². The van der Waals surface area contributed by atoms with Crippen LogP contribution in [0.1, 0.15) is 11.7 Å². The molecule has 0 amide bonds. The fourth-order valence-electron chi connectivity index (χ4n) is 2.85. The summed E-state index contributed by atoms with van der Waals surface area (Å²) in [5.74, 6) is 1.47. The molecule has 0 radical (unpaired) electrons. The fourth-order valence-corrected chi connectivity index (χ4v) is 2.85. The van der Waals surface area contributed by atoms with Crippen molar-refractivity contribution in [2.45, 2.75) is 12.2 Å². The Morgan fingerprint density at radius 1 is 1.04 bits per heavy atom. The third-order valence-electron chi connectivity index (χ3n) is 4.09. The van der Waals surface area contributed by atoms with Crippen molar-refractivity contribution in [1.82, 2.24) is 4.90 Å². The van der Waals surface area contributed by atoms with Crippen molar-refractivity contribution < 1.29 is 14.2 Å². The Balaban J connectivity index is 0.00000208. The summed E-state index contributed by atoms with van der Waals surface area (Å²) >= 11 is 0. The van der Waals surface area contributed by atoms with Crippen LogP contribution in [0.5, 0.6) is 11.5 Å². The molecule has 0 aliphatic carbocycles. The predicted octanol–water partition coefficient (Wildman–Crippen LogP) is 3.57. The summed E-state index contributed by atoms with van der Waals surface area (Å²) < 4.78 is 17.8. The topological polar surface area (TPSA) is 30.9 Å². The zero-order chi connectivity index (χ0) is 16.1. The van der Waals surface area contributed by atoms with Crippen LogP contribution in [0.4, 0.5) is 0 Å². The summed E-state index contributed by atoms with van der Waals surface area (Å²) in [4.78, 5) is 2.27. The van der Waals surface area contributed by atoms with E-state index in [0.717, 1.165) is 36.8 Å². The van der Waals surface area contributed by atoms with Gasteiger partial charge in [-0.3, -0.25) is 0 Å². The lowest BCUT2D eigenvalue weighted by molar-refractivity contribution is -0.0763. The standard InChI is InChI=1S/C19H23NO3.ClH/c1-20-12-13-22-18(14-20)19(15-8-4-3-5-9-15)23-17-11-7-6-10-16(17)21-2;/h3-11,18-19H,12-14H2,1-2H3;1H. The van der Waals surface area contributed by atoms with Gasteiger partial charge in [0.1, 0.15) is 6.10 Å². The average molecular weight is 350 g/mol. The van der Waals surface area contributed by atoms with Crippen LogP contribution < -0.4 is 9.47 Å². The molecule has 0 N–H and O–H groups in total. The molecule has 2 atom stereocenters. The Hall–Kier alpha value is -1.75.